The number of hydrogen-bond acceptors (Lipinski definition) is 4. The van der Waals surface area contributed by atoms with Crippen LogP contribution in [0.5, 0.6) is 0 Å². The molecule has 1 fully saturated rings. The van der Waals surface area contributed by atoms with Crippen LogP contribution in [-0.4, -0.2) is 37.6 Å². The number of carbonyl (C=O) groups is 2. The first-order chi connectivity index (χ1) is 6.15. The van der Waals surface area contributed by atoms with Crippen LogP contribution in [0.25, 0.3) is 0 Å². The number of ether oxygens (including phenoxy) is 1. The van der Waals surface area contributed by atoms with Crippen molar-refractivity contribution in [3.63, 3.8) is 0 Å². The van der Waals surface area contributed by atoms with Crippen LogP contribution in [0, 0.1) is 0 Å². The summed E-state index contributed by atoms with van der Waals surface area (Å²) in [6.07, 6.45) is 0.639. The standard InChI is InChI=1S/C8H14N2O3/c1-5(7(11)9-2)10-6-3-4-13-8(6)12/h5-6,10H,3-4H2,1-2H3,(H,9,11). The van der Waals surface area contributed by atoms with Crippen LogP contribution in [-0.2, 0) is 14.3 Å². The molecule has 1 heterocycles. The van der Waals surface area contributed by atoms with Gasteiger partial charge in [-0.3, -0.25) is 14.9 Å². The van der Waals surface area contributed by atoms with Gasteiger partial charge in [-0.1, -0.05) is 0 Å². The summed E-state index contributed by atoms with van der Waals surface area (Å²) < 4.78 is 4.75. The highest BCUT2D eigenvalue weighted by molar-refractivity contribution is 5.83. The van der Waals surface area contributed by atoms with E-state index in [0.29, 0.717) is 13.0 Å². The van der Waals surface area contributed by atoms with Crippen LogP contribution in [0.1, 0.15) is 13.3 Å². The molecule has 0 bridgehead atoms. The number of likely N-dealkylation sites (N-methyl/N-ethyl adjacent to an activating group) is 1. The summed E-state index contributed by atoms with van der Waals surface area (Å²) in [4.78, 5) is 22.1. The lowest BCUT2D eigenvalue weighted by atomic mass is 10.2. The summed E-state index contributed by atoms with van der Waals surface area (Å²) in [6, 6.07) is -0.687. The third-order valence-corrected chi connectivity index (χ3v) is 2.03. The lowest BCUT2D eigenvalue weighted by Crippen LogP contribution is -2.47. The minimum atomic E-state index is -0.361. The average molecular weight is 186 g/mol. The molecule has 0 aromatic carbocycles. The Bertz CT molecular complexity index is 217. The van der Waals surface area contributed by atoms with E-state index in [0.717, 1.165) is 0 Å². The van der Waals surface area contributed by atoms with Gasteiger partial charge in [-0.25, -0.2) is 0 Å². The van der Waals surface area contributed by atoms with Crippen LogP contribution >= 0.6 is 0 Å². The molecular formula is C8H14N2O3. The van der Waals surface area contributed by atoms with Gasteiger partial charge in [0, 0.05) is 13.5 Å². The Kier molecular flexibility index (Phi) is 3.25. The third-order valence-electron chi connectivity index (χ3n) is 2.03. The predicted octanol–water partition coefficient (Wildman–Crippen LogP) is -0.974. The first-order valence-corrected chi connectivity index (χ1v) is 4.29. The lowest BCUT2D eigenvalue weighted by molar-refractivity contribution is -0.139. The van der Waals surface area contributed by atoms with Crippen LogP contribution in [0.15, 0.2) is 0 Å². The van der Waals surface area contributed by atoms with E-state index in [-0.39, 0.29) is 24.0 Å². The van der Waals surface area contributed by atoms with Crippen molar-refractivity contribution in [2.45, 2.75) is 25.4 Å². The smallest absolute Gasteiger partial charge is 0.323 e. The highest BCUT2D eigenvalue weighted by Gasteiger charge is 2.28. The summed E-state index contributed by atoms with van der Waals surface area (Å²) in [5.74, 6) is -0.393. The first-order valence-electron chi connectivity index (χ1n) is 4.29. The zero-order valence-electron chi connectivity index (χ0n) is 7.79. The fourth-order valence-electron chi connectivity index (χ4n) is 1.24. The molecule has 0 spiro atoms. The second-order valence-corrected chi connectivity index (χ2v) is 3.01. The molecule has 0 saturated carbocycles. The second kappa shape index (κ2) is 4.23. The Labute approximate surface area is 76.8 Å². The quantitative estimate of drug-likeness (QED) is 0.556. The van der Waals surface area contributed by atoms with Gasteiger partial charge in [0.05, 0.1) is 12.6 Å². The third kappa shape index (κ3) is 2.42. The van der Waals surface area contributed by atoms with Gasteiger partial charge in [-0.15, -0.1) is 0 Å². The van der Waals surface area contributed by atoms with E-state index in [1.807, 2.05) is 0 Å². The van der Waals surface area contributed by atoms with E-state index in [2.05, 4.69) is 10.6 Å². The first kappa shape index (κ1) is 9.98. The van der Waals surface area contributed by atoms with E-state index in [4.69, 9.17) is 4.74 Å². The molecule has 0 radical (unpaired) electrons. The Morgan fingerprint density at radius 1 is 1.69 bits per heavy atom. The molecule has 74 valence electrons. The van der Waals surface area contributed by atoms with E-state index in [9.17, 15) is 9.59 Å². The summed E-state index contributed by atoms with van der Waals surface area (Å²) in [6.45, 7) is 2.15. The van der Waals surface area contributed by atoms with E-state index < -0.39 is 0 Å². The van der Waals surface area contributed by atoms with Crippen LogP contribution in [0.3, 0.4) is 0 Å². The maximum Gasteiger partial charge on any atom is 0.323 e. The van der Waals surface area contributed by atoms with Gasteiger partial charge in [0.25, 0.3) is 0 Å². The molecule has 1 aliphatic heterocycles. The Balaban J connectivity index is 2.39. The highest BCUT2D eigenvalue weighted by atomic mass is 16.5. The van der Waals surface area contributed by atoms with Gasteiger partial charge in [0.15, 0.2) is 0 Å². The molecule has 5 heteroatoms. The number of hydrogen-bond donors (Lipinski definition) is 2. The van der Waals surface area contributed by atoms with E-state index >= 15 is 0 Å². The summed E-state index contributed by atoms with van der Waals surface area (Å²) in [5, 5.41) is 5.39. The number of esters is 1. The molecule has 1 rings (SSSR count). The molecule has 2 unspecified atom stereocenters. The number of carbonyl (C=O) groups excluding carboxylic acids is 2. The monoisotopic (exact) mass is 186 g/mol. The molecule has 1 saturated heterocycles. The van der Waals surface area contributed by atoms with Crippen LogP contribution in [0.4, 0.5) is 0 Å². The van der Waals surface area contributed by atoms with Gasteiger partial charge in [0.1, 0.15) is 6.04 Å². The normalized spacial score (nSPS) is 23.8. The molecule has 13 heavy (non-hydrogen) atoms. The Hall–Kier alpha value is -1.10. The highest BCUT2D eigenvalue weighted by Crippen LogP contribution is 2.06. The van der Waals surface area contributed by atoms with E-state index in [1.54, 1.807) is 14.0 Å². The number of cyclic esters (lactones) is 1. The maximum absolute atomic E-state index is 11.1. The van der Waals surface area contributed by atoms with Gasteiger partial charge in [-0.05, 0) is 6.92 Å². The van der Waals surface area contributed by atoms with Gasteiger partial charge < -0.3 is 10.1 Å². The predicted molar refractivity (Wildman–Crippen MR) is 46.0 cm³/mol. The molecule has 0 aromatic heterocycles. The zero-order chi connectivity index (χ0) is 9.84. The molecule has 0 aliphatic carbocycles. The van der Waals surface area contributed by atoms with Crippen molar-refractivity contribution in [1.29, 1.82) is 0 Å². The summed E-state index contributed by atoms with van der Waals surface area (Å²) >= 11 is 0. The minimum absolute atomic E-state index is 0.125. The molecule has 2 N–H and O–H groups in total. The molecule has 5 nitrogen and oxygen atoms in total. The van der Waals surface area contributed by atoms with Gasteiger partial charge in [-0.2, -0.15) is 0 Å². The average Bonchev–Trinajstić information content (AvgIpc) is 2.50. The Morgan fingerprint density at radius 2 is 2.38 bits per heavy atom. The summed E-state index contributed by atoms with van der Waals surface area (Å²) in [5.41, 5.74) is 0. The molecule has 0 aromatic rings. The van der Waals surface area contributed by atoms with Crippen molar-refractivity contribution in [1.82, 2.24) is 10.6 Å². The molecule has 1 amide bonds. The number of amides is 1. The van der Waals surface area contributed by atoms with Crippen LogP contribution in [0.2, 0.25) is 0 Å². The van der Waals surface area contributed by atoms with Crippen molar-refractivity contribution in [2.24, 2.45) is 0 Å². The van der Waals surface area contributed by atoms with Crippen molar-refractivity contribution in [3.8, 4) is 0 Å². The minimum Gasteiger partial charge on any atom is -0.464 e. The van der Waals surface area contributed by atoms with Gasteiger partial charge >= 0.3 is 5.97 Å². The largest absolute Gasteiger partial charge is 0.464 e. The topological polar surface area (TPSA) is 67.4 Å². The summed E-state index contributed by atoms with van der Waals surface area (Å²) in [7, 11) is 1.56. The number of rotatable bonds is 3. The second-order valence-electron chi connectivity index (χ2n) is 3.01. The molecular weight excluding hydrogens is 172 g/mol. The van der Waals surface area contributed by atoms with Gasteiger partial charge in [0.2, 0.25) is 5.91 Å². The van der Waals surface area contributed by atoms with Crippen molar-refractivity contribution >= 4 is 11.9 Å². The Morgan fingerprint density at radius 3 is 2.85 bits per heavy atom. The molecule has 2 atom stereocenters. The van der Waals surface area contributed by atoms with Crippen LogP contribution < -0.4 is 10.6 Å². The van der Waals surface area contributed by atoms with Crippen molar-refractivity contribution in [2.75, 3.05) is 13.7 Å². The fourth-order valence-corrected chi connectivity index (χ4v) is 1.24. The molecule has 1 aliphatic rings. The van der Waals surface area contributed by atoms with Crippen molar-refractivity contribution < 1.29 is 14.3 Å². The van der Waals surface area contributed by atoms with Crippen molar-refractivity contribution in [3.05, 3.63) is 0 Å². The van der Waals surface area contributed by atoms with E-state index in [1.165, 1.54) is 0 Å². The number of nitrogens with one attached hydrogen (secondary N) is 2. The lowest BCUT2D eigenvalue weighted by Gasteiger charge is -2.14. The maximum atomic E-state index is 11.1. The SMILES string of the molecule is CNC(=O)C(C)NC1CCOC1=O. The fraction of sp³-hybridized carbons (Fsp3) is 0.750. The zero-order valence-corrected chi connectivity index (χ0v) is 7.79.